The molecule has 0 radical (unpaired) electrons. The quantitative estimate of drug-likeness (QED) is 0.405. The number of hydrogen-bond donors (Lipinski definition) is 0. The lowest BCUT2D eigenvalue weighted by atomic mass is 10.1. The maximum atomic E-state index is 10.9. The van der Waals surface area contributed by atoms with E-state index in [1.165, 1.54) is 6.07 Å². The van der Waals surface area contributed by atoms with Gasteiger partial charge in [0.15, 0.2) is 5.82 Å². The third kappa shape index (κ3) is 3.45. The molecule has 0 spiro atoms. The molecule has 0 aliphatic carbocycles. The predicted octanol–water partition coefficient (Wildman–Crippen LogP) is 3.41. The first-order valence-electron chi connectivity index (χ1n) is 7.32. The van der Waals surface area contributed by atoms with E-state index in [-0.39, 0.29) is 12.4 Å². The Morgan fingerprint density at radius 3 is 2.68 bits per heavy atom. The summed E-state index contributed by atoms with van der Waals surface area (Å²) in [5.41, 5.74) is 2.12. The van der Waals surface area contributed by atoms with Gasteiger partial charge in [0.2, 0.25) is 0 Å². The fourth-order valence-corrected chi connectivity index (χ4v) is 2.32. The van der Waals surface area contributed by atoms with Crippen molar-refractivity contribution in [2.75, 3.05) is 6.73 Å². The monoisotopic (exact) mass is 335 g/mol. The zero-order valence-corrected chi connectivity index (χ0v) is 13.3. The summed E-state index contributed by atoms with van der Waals surface area (Å²) in [6, 6.07) is 11.9. The minimum absolute atomic E-state index is 0.0215. The molecule has 1 heterocycles. The van der Waals surface area contributed by atoms with Crippen LogP contribution in [0.25, 0.3) is 21.9 Å². The van der Waals surface area contributed by atoms with Crippen LogP contribution >= 0.6 is 0 Å². The average Bonchev–Trinajstić information content (AvgIpc) is 3.10. The second-order valence-electron chi connectivity index (χ2n) is 5.20. The number of nitrogens with zero attached hydrogens (tertiary/aromatic N) is 5. The zero-order valence-electron chi connectivity index (χ0n) is 13.3. The van der Waals surface area contributed by atoms with Crippen molar-refractivity contribution in [3.8, 4) is 22.8 Å². The fourth-order valence-electron chi connectivity index (χ4n) is 2.32. The Bertz CT molecular complexity index is 957. The summed E-state index contributed by atoms with van der Waals surface area (Å²) < 4.78 is 6.81. The van der Waals surface area contributed by atoms with Crippen LogP contribution in [0.15, 0.2) is 48.8 Å². The number of benzene rings is 2. The number of nitro groups is 1. The van der Waals surface area contributed by atoms with Gasteiger partial charge in [-0.2, -0.15) is 0 Å². The average molecular weight is 335 g/mol. The summed E-state index contributed by atoms with van der Waals surface area (Å²) in [5, 5.41) is 15.3. The Balaban J connectivity index is 1.84. The van der Waals surface area contributed by atoms with E-state index in [1.54, 1.807) is 54.3 Å². The molecule has 0 bridgehead atoms. The predicted molar refractivity (Wildman–Crippen MR) is 90.3 cm³/mol. The fraction of sp³-hybridized carbons (Fsp3) is 0.118. The Morgan fingerprint density at radius 1 is 1.28 bits per heavy atom. The summed E-state index contributed by atoms with van der Waals surface area (Å²) in [6.45, 7) is 8.36. The molecule has 124 valence electrons. The van der Waals surface area contributed by atoms with Gasteiger partial charge in [0.25, 0.3) is 5.69 Å². The summed E-state index contributed by atoms with van der Waals surface area (Å²) >= 11 is 0. The lowest BCUT2D eigenvalue weighted by Gasteiger charge is -2.03. The normalized spacial score (nSPS) is 10.2. The van der Waals surface area contributed by atoms with Crippen molar-refractivity contribution >= 4 is 5.69 Å². The van der Waals surface area contributed by atoms with E-state index < -0.39 is 4.92 Å². The second-order valence-corrected chi connectivity index (χ2v) is 5.20. The summed E-state index contributed by atoms with van der Waals surface area (Å²) in [4.78, 5) is 17.9. The van der Waals surface area contributed by atoms with Crippen LogP contribution in [0, 0.1) is 23.6 Å². The smallest absolute Gasteiger partial charge is 0.357 e. The van der Waals surface area contributed by atoms with Gasteiger partial charge in [-0.05, 0) is 43.3 Å². The topological polar surface area (TPSA) is 87.4 Å². The van der Waals surface area contributed by atoms with Crippen molar-refractivity contribution < 1.29 is 9.66 Å². The van der Waals surface area contributed by atoms with E-state index in [0.29, 0.717) is 22.7 Å². The Kier molecular flexibility index (Phi) is 4.39. The molecular weight excluding hydrogens is 322 g/mol. The third-order valence-corrected chi connectivity index (χ3v) is 3.54. The largest absolute Gasteiger partial charge is 0.426 e. The first-order valence-corrected chi connectivity index (χ1v) is 7.32. The molecule has 0 atom stereocenters. The minimum Gasteiger partial charge on any atom is -0.426 e. The SMILES string of the molecule is [C-]#[N+]COc1ccc(-n2cnc(-c3ccc([N+](=O)[O-])c(C)c3)n2)cc1. The van der Waals surface area contributed by atoms with Gasteiger partial charge in [-0.25, -0.2) is 16.2 Å². The highest BCUT2D eigenvalue weighted by Crippen LogP contribution is 2.24. The van der Waals surface area contributed by atoms with Crippen LogP contribution in [0.2, 0.25) is 0 Å². The highest BCUT2D eigenvalue weighted by atomic mass is 16.6. The van der Waals surface area contributed by atoms with Gasteiger partial charge in [0.1, 0.15) is 12.1 Å². The molecule has 1 aromatic heterocycles. The number of nitro benzene ring substituents is 1. The number of ether oxygens (including phenoxy) is 1. The molecule has 0 N–H and O–H groups in total. The molecule has 0 aliphatic rings. The lowest BCUT2D eigenvalue weighted by Crippen LogP contribution is -1.96. The summed E-state index contributed by atoms with van der Waals surface area (Å²) in [5.74, 6) is 1.08. The molecule has 0 amide bonds. The Labute approximate surface area is 143 Å². The highest BCUT2D eigenvalue weighted by molar-refractivity contribution is 5.60. The molecule has 0 fully saturated rings. The van der Waals surface area contributed by atoms with Gasteiger partial charge in [0.05, 0.1) is 10.6 Å². The second kappa shape index (κ2) is 6.80. The van der Waals surface area contributed by atoms with Crippen LogP contribution in [0.5, 0.6) is 5.75 Å². The number of rotatable bonds is 5. The van der Waals surface area contributed by atoms with Crippen molar-refractivity contribution in [1.82, 2.24) is 14.8 Å². The van der Waals surface area contributed by atoms with E-state index >= 15 is 0 Å². The first kappa shape index (κ1) is 16.1. The molecule has 3 aromatic rings. The van der Waals surface area contributed by atoms with Crippen molar-refractivity contribution in [2.45, 2.75) is 6.92 Å². The number of hydrogen-bond acceptors (Lipinski definition) is 5. The zero-order chi connectivity index (χ0) is 17.8. The maximum absolute atomic E-state index is 10.9. The summed E-state index contributed by atoms with van der Waals surface area (Å²) in [6.07, 6.45) is 1.57. The minimum atomic E-state index is -0.414. The number of aromatic nitrogens is 3. The molecular formula is C17H13N5O3. The van der Waals surface area contributed by atoms with Gasteiger partial charge in [-0.3, -0.25) is 15.0 Å². The standard InChI is InChI=1S/C17H13N5O3/c1-12-9-13(3-8-16(12)22(23)24)17-19-10-21(20-17)14-4-6-15(7-5-14)25-11-18-2/h3-10H,11H2,1H3. The van der Waals surface area contributed by atoms with Crippen molar-refractivity contribution in [3.63, 3.8) is 0 Å². The van der Waals surface area contributed by atoms with Gasteiger partial charge in [0, 0.05) is 17.2 Å². The molecule has 3 rings (SSSR count). The lowest BCUT2D eigenvalue weighted by molar-refractivity contribution is -0.385. The molecule has 0 unspecified atom stereocenters. The van der Waals surface area contributed by atoms with E-state index in [4.69, 9.17) is 11.3 Å². The van der Waals surface area contributed by atoms with Crippen LogP contribution in [0.3, 0.4) is 0 Å². The van der Waals surface area contributed by atoms with E-state index in [0.717, 1.165) is 5.69 Å². The van der Waals surface area contributed by atoms with E-state index in [2.05, 4.69) is 14.9 Å². The van der Waals surface area contributed by atoms with Crippen LogP contribution in [0.1, 0.15) is 5.56 Å². The molecule has 8 nitrogen and oxygen atoms in total. The molecule has 0 saturated carbocycles. The van der Waals surface area contributed by atoms with Crippen LogP contribution < -0.4 is 4.74 Å². The summed E-state index contributed by atoms with van der Waals surface area (Å²) in [7, 11) is 0. The van der Waals surface area contributed by atoms with Crippen molar-refractivity contribution in [2.24, 2.45) is 0 Å². The maximum Gasteiger partial charge on any atom is 0.357 e. The number of aryl methyl sites for hydroxylation is 1. The molecule has 0 saturated heterocycles. The highest BCUT2D eigenvalue weighted by Gasteiger charge is 2.13. The molecule has 2 aromatic carbocycles. The van der Waals surface area contributed by atoms with Crippen molar-refractivity contribution in [1.29, 1.82) is 0 Å². The van der Waals surface area contributed by atoms with E-state index in [9.17, 15) is 10.1 Å². The Hall–Kier alpha value is -3.73. The van der Waals surface area contributed by atoms with Crippen LogP contribution in [-0.2, 0) is 0 Å². The van der Waals surface area contributed by atoms with Gasteiger partial charge in [-0.15, -0.1) is 5.10 Å². The van der Waals surface area contributed by atoms with Gasteiger partial charge >= 0.3 is 6.73 Å². The van der Waals surface area contributed by atoms with Gasteiger partial charge < -0.3 is 4.74 Å². The van der Waals surface area contributed by atoms with Gasteiger partial charge in [-0.1, -0.05) is 0 Å². The van der Waals surface area contributed by atoms with Crippen LogP contribution in [-0.4, -0.2) is 26.4 Å². The molecule has 0 aliphatic heterocycles. The molecule has 25 heavy (non-hydrogen) atoms. The first-order chi connectivity index (χ1) is 12.1. The Morgan fingerprint density at radius 2 is 2.04 bits per heavy atom. The van der Waals surface area contributed by atoms with E-state index in [1.807, 2.05) is 0 Å². The van der Waals surface area contributed by atoms with Crippen molar-refractivity contribution in [3.05, 3.63) is 75.9 Å². The van der Waals surface area contributed by atoms with Crippen LogP contribution in [0.4, 0.5) is 5.69 Å². The third-order valence-electron chi connectivity index (χ3n) is 3.54. The molecule has 8 heteroatoms.